The van der Waals surface area contributed by atoms with Crippen molar-refractivity contribution in [1.82, 2.24) is 14.8 Å². The maximum Gasteiger partial charge on any atom is 0.255 e. The van der Waals surface area contributed by atoms with Gasteiger partial charge < -0.3 is 20.1 Å². The summed E-state index contributed by atoms with van der Waals surface area (Å²) in [5.41, 5.74) is 2.78. The minimum Gasteiger partial charge on any atom is -0.494 e. The molecule has 8 nitrogen and oxygen atoms in total. The Bertz CT molecular complexity index is 1240. The van der Waals surface area contributed by atoms with Gasteiger partial charge in [0.2, 0.25) is 11.1 Å². The molecule has 9 heteroatoms. The Hall–Kier alpha value is -3.46. The van der Waals surface area contributed by atoms with Crippen molar-refractivity contribution in [2.45, 2.75) is 51.7 Å². The largest absolute Gasteiger partial charge is 0.494 e. The van der Waals surface area contributed by atoms with Crippen molar-refractivity contribution in [2.24, 2.45) is 0 Å². The molecule has 0 bridgehead atoms. The van der Waals surface area contributed by atoms with Crippen LogP contribution in [-0.2, 0) is 4.79 Å². The molecule has 1 aliphatic heterocycles. The second-order valence-electron chi connectivity index (χ2n) is 8.32. The van der Waals surface area contributed by atoms with E-state index in [1.807, 2.05) is 69.3 Å². The van der Waals surface area contributed by atoms with Gasteiger partial charge in [-0.2, -0.15) is 4.98 Å². The van der Waals surface area contributed by atoms with E-state index in [0.717, 1.165) is 35.6 Å². The van der Waals surface area contributed by atoms with Crippen LogP contribution in [0.4, 0.5) is 11.6 Å². The van der Waals surface area contributed by atoms with Crippen LogP contribution in [0, 0.1) is 0 Å². The molecule has 2 heterocycles. The number of unbranched alkanes of at least 4 members (excludes halogenated alkanes) is 1. The van der Waals surface area contributed by atoms with Crippen LogP contribution in [0.15, 0.2) is 65.0 Å². The van der Waals surface area contributed by atoms with E-state index in [1.165, 1.54) is 0 Å². The molecule has 0 radical (unpaired) electrons. The zero-order valence-electron chi connectivity index (χ0n) is 21.2. The molecule has 1 amide bonds. The predicted molar refractivity (Wildman–Crippen MR) is 144 cm³/mol. The number of hydrogen-bond acceptors (Lipinski definition) is 7. The van der Waals surface area contributed by atoms with Crippen LogP contribution in [0.3, 0.4) is 0 Å². The van der Waals surface area contributed by atoms with Gasteiger partial charge in [0.05, 0.1) is 24.5 Å². The molecule has 2 aromatic carbocycles. The summed E-state index contributed by atoms with van der Waals surface area (Å²) in [6.45, 7) is 8.98. The second-order valence-corrected chi connectivity index (χ2v) is 9.38. The fourth-order valence-electron chi connectivity index (χ4n) is 4.08. The highest BCUT2D eigenvalue weighted by Crippen LogP contribution is 2.38. The summed E-state index contributed by atoms with van der Waals surface area (Å²) < 4.78 is 13.3. The van der Waals surface area contributed by atoms with E-state index >= 15 is 0 Å². The summed E-state index contributed by atoms with van der Waals surface area (Å²) in [6.07, 6.45) is 2.20. The van der Waals surface area contributed by atoms with Crippen molar-refractivity contribution in [3.8, 4) is 11.5 Å². The number of thioether (sulfide) groups is 1. The average molecular weight is 508 g/mol. The normalized spacial score (nSPS) is 14.7. The maximum absolute atomic E-state index is 13.8. The number of fused-ring (bicyclic) bond motifs is 1. The molecule has 0 saturated heterocycles. The number of allylic oxidation sites excluding steroid dienone is 1. The molecular formula is C27H33N5O3S. The van der Waals surface area contributed by atoms with E-state index in [1.54, 1.807) is 16.4 Å². The molecule has 36 heavy (non-hydrogen) atoms. The van der Waals surface area contributed by atoms with Crippen molar-refractivity contribution >= 4 is 29.3 Å². The van der Waals surface area contributed by atoms with E-state index in [2.05, 4.69) is 17.6 Å². The lowest BCUT2D eigenvalue weighted by Gasteiger charge is -2.29. The minimum atomic E-state index is -0.478. The monoisotopic (exact) mass is 507 g/mol. The van der Waals surface area contributed by atoms with Gasteiger partial charge in [0, 0.05) is 11.4 Å². The van der Waals surface area contributed by atoms with Gasteiger partial charge >= 0.3 is 0 Å². The van der Waals surface area contributed by atoms with Crippen molar-refractivity contribution in [2.75, 3.05) is 29.6 Å². The Morgan fingerprint density at radius 1 is 1.11 bits per heavy atom. The number of nitrogens with zero attached hydrogens (tertiary/aromatic N) is 3. The first kappa shape index (κ1) is 25.6. The minimum absolute atomic E-state index is 0.236. The predicted octanol–water partition coefficient (Wildman–Crippen LogP) is 5.90. The number of ether oxygens (including phenoxy) is 2. The molecule has 0 fully saturated rings. The lowest BCUT2D eigenvalue weighted by atomic mass is 9.94. The summed E-state index contributed by atoms with van der Waals surface area (Å²) in [5, 5.41) is 11.8. The number of rotatable bonds is 11. The standard InChI is InChI=1S/C27H33N5O3S/c1-5-8-16-36-27-30-26-28-18(4)23(25(33)29-21-14-9-10-15-22(21)35-7-3)24(32(26)31-27)19-12-11-13-20(17-19)34-6-2/h9-15,17,24H,5-8,16H2,1-4H3,(H,29,33)(H,28,30,31). The quantitative estimate of drug-likeness (QED) is 0.247. The van der Waals surface area contributed by atoms with E-state index in [4.69, 9.17) is 19.6 Å². The van der Waals surface area contributed by atoms with Crippen molar-refractivity contribution < 1.29 is 14.3 Å². The number of anilines is 2. The topological polar surface area (TPSA) is 90.3 Å². The third-order valence-corrected chi connectivity index (χ3v) is 6.65. The molecule has 1 aliphatic rings. The highest BCUT2D eigenvalue weighted by Gasteiger charge is 2.35. The fraction of sp³-hybridized carbons (Fsp3) is 0.370. The lowest BCUT2D eigenvalue weighted by molar-refractivity contribution is -0.113. The highest BCUT2D eigenvalue weighted by molar-refractivity contribution is 7.99. The highest BCUT2D eigenvalue weighted by atomic mass is 32.2. The fourth-order valence-corrected chi connectivity index (χ4v) is 5.00. The van der Waals surface area contributed by atoms with Crippen LogP contribution in [0.25, 0.3) is 0 Å². The van der Waals surface area contributed by atoms with Gasteiger partial charge in [0.25, 0.3) is 5.91 Å². The zero-order chi connectivity index (χ0) is 25.5. The van der Waals surface area contributed by atoms with Gasteiger partial charge in [-0.25, -0.2) is 4.68 Å². The molecule has 190 valence electrons. The van der Waals surface area contributed by atoms with E-state index in [-0.39, 0.29) is 5.91 Å². The summed E-state index contributed by atoms with van der Waals surface area (Å²) >= 11 is 1.62. The van der Waals surface area contributed by atoms with Crippen molar-refractivity contribution in [3.63, 3.8) is 0 Å². The van der Waals surface area contributed by atoms with Gasteiger partial charge in [-0.05, 0) is 57.0 Å². The summed E-state index contributed by atoms with van der Waals surface area (Å²) in [5.74, 6) is 2.69. The van der Waals surface area contributed by atoms with Crippen LogP contribution in [0.5, 0.6) is 11.5 Å². The van der Waals surface area contributed by atoms with E-state index in [9.17, 15) is 4.79 Å². The Labute approximate surface area is 216 Å². The van der Waals surface area contributed by atoms with Gasteiger partial charge in [-0.15, -0.1) is 5.10 Å². The molecule has 1 aromatic heterocycles. The number of nitrogens with one attached hydrogen (secondary N) is 2. The smallest absolute Gasteiger partial charge is 0.255 e. The van der Waals surface area contributed by atoms with Gasteiger partial charge in [-0.1, -0.05) is 49.4 Å². The summed E-state index contributed by atoms with van der Waals surface area (Å²) in [7, 11) is 0. The number of amides is 1. The van der Waals surface area contributed by atoms with Crippen LogP contribution < -0.4 is 20.1 Å². The van der Waals surface area contributed by atoms with Crippen LogP contribution in [-0.4, -0.2) is 39.6 Å². The SMILES string of the molecule is CCCCSc1nc2n(n1)C(c1cccc(OCC)c1)C(C(=O)Nc1ccccc1OCC)=C(C)N2. The Balaban J connectivity index is 1.74. The van der Waals surface area contributed by atoms with E-state index < -0.39 is 6.04 Å². The molecule has 4 rings (SSSR count). The third kappa shape index (κ3) is 5.67. The first-order chi connectivity index (χ1) is 17.5. The molecule has 1 unspecified atom stereocenters. The van der Waals surface area contributed by atoms with Gasteiger partial charge in [-0.3, -0.25) is 4.79 Å². The third-order valence-electron chi connectivity index (χ3n) is 5.73. The molecule has 0 saturated carbocycles. The molecule has 3 aromatic rings. The number of benzene rings is 2. The molecule has 1 atom stereocenters. The summed E-state index contributed by atoms with van der Waals surface area (Å²) in [4.78, 5) is 18.5. The molecule has 0 spiro atoms. The molecule has 2 N–H and O–H groups in total. The van der Waals surface area contributed by atoms with Crippen molar-refractivity contribution in [3.05, 3.63) is 65.4 Å². The Kier molecular flexibility index (Phi) is 8.53. The van der Waals surface area contributed by atoms with E-state index in [0.29, 0.717) is 41.3 Å². The Morgan fingerprint density at radius 3 is 2.69 bits per heavy atom. The number of aromatic nitrogens is 3. The Morgan fingerprint density at radius 2 is 1.92 bits per heavy atom. The van der Waals surface area contributed by atoms with Crippen molar-refractivity contribution in [1.29, 1.82) is 0 Å². The molecular weight excluding hydrogens is 474 g/mol. The second kappa shape index (κ2) is 12.0. The number of para-hydroxylation sites is 2. The average Bonchev–Trinajstić information content (AvgIpc) is 3.27. The number of carbonyl (C=O) groups is 1. The zero-order valence-corrected chi connectivity index (χ0v) is 22.0. The molecule has 0 aliphatic carbocycles. The maximum atomic E-state index is 13.8. The lowest BCUT2D eigenvalue weighted by Crippen LogP contribution is -2.31. The van der Waals surface area contributed by atoms with Gasteiger partial charge in [0.1, 0.15) is 17.5 Å². The summed E-state index contributed by atoms with van der Waals surface area (Å²) in [6, 6.07) is 14.8. The first-order valence-corrected chi connectivity index (χ1v) is 13.4. The van der Waals surface area contributed by atoms with Crippen LogP contribution in [0.2, 0.25) is 0 Å². The number of carbonyl (C=O) groups excluding carboxylic acids is 1. The van der Waals surface area contributed by atoms with Gasteiger partial charge in [0.15, 0.2) is 0 Å². The van der Waals surface area contributed by atoms with Crippen LogP contribution in [0.1, 0.15) is 52.1 Å². The number of hydrogen-bond donors (Lipinski definition) is 2. The first-order valence-electron chi connectivity index (χ1n) is 12.4. The van der Waals surface area contributed by atoms with Crippen LogP contribution >= 0.6 is 11.8 Å².